The summed E-state index contributed by atoms with van der Waals surface area (Å²) in [4.78, 5) is 14.6. The number of thiophene rings is 1. The van der Waals surface area contributed by atoms with Crippen molar-refractivity contribution in [1.29, 1.82) is 0 Å². The number of carbonyl (C=O) groups is 1. The molecule has 8 heteroatoms. The van der Waals surface area contributed by atoms with Crippen molar-refractivity contribution in [3.63, 3.8) is 0 Å². The molecule has 2 aromatic rings. The monoisotopic (exact) mass is 394 g/mol. The van der Waals surface area contributed by atoms with Crippen molar-refractivity contribution in [3.8, 4) is 0 Å². The van der Waals surface area contributed by atoms with Gasteiger partial charge in [0.25, 0.3) is 0 Å². The second-order valence-electron chi connectivity index (χ2n) is 5.96. The molecule has 0 radical (unpaired) electrons. The lowest BCUT2D eigenvalue weighted by atomic mass is 10.2. The molecule has 26 heavy (non-hydrogen) atoms. The van der Waals surface area contributed by atoms with Crippen LogP contribution >= 0.6 is 11.3 Å². The van der Waals surface area contributed by atoms with Crippen molar-refractivity contribution < 1.29 is 17.6 Å². The second kappa shape index (κ2) is 7.69. The molecule has 0 saturated carbocycles. The van der Waals surface area contributed by atoms with E-state index in [1.165, 1.54) is 28.6 Å². The fourth-order valence-corrected chi connectivity index (χ4v) is 5.06. The van der Waals surface area contributed by atoms with Gasteiger partial charge in [-0.15, -0.1) is 11.3 Å². The van der Waals surface area contributed by atoms with Crippen LogP contribution in [0, 0.1) is 12.7 Å². The predicted octanol–water partition coefficient (Wildman–Crippen LogP) is 2.74. The zero-order valence-electron chi connectivity index (χ0n) is 14.3. The first-order chi connectivity index (χ1) is 12.4. The molecular weight excluding hydrogens is 375 g/mol. The van der Waals surface area contributed by atoms with Gasteiger partial charge in [0.1, 0.15) is 10.7 Å². The highest BCUT2D eigenvalue weighted by Crippen LogP contribution is 2.21. The molecule has 1 aliphatic rings. The van der Waals surface area contributed by atoms with Crippen molar-refractivity contribution in [1.82, 2.24) is 9.21 Å². The third-order valence-electron chi connectivity index (χ3n) is 4.28. The van der Waals surface area contributed by atoms with Gasteiger partial charge in [0.15, 0.2) is 0 Å². The van der Waals surface area contributed by atoms with Gasteiger partial charge < -0.3 is 4.90 Å². The van der Waals surface area contributed by atoms with E-state index in [4.69, 9.17) is 0 Å². The molecule has 2 heterocycles. The maximum atomic E-state index is 13.8. The topological polar surface area (TPSA) is 57.7 Å². The minimum Gasteiger partial charge on any atom is -0.337 e. The van der Waals surface area contributed by atoms with Gasteiger partial charge in [-0.1, -0.05) is 12.1 Å². The number of sulfonamides is 1. The van der Waals surface area contributed by atoms with Crippen LogP contribution in [0.3, 0.4) is 0 Å². The van der Waals surface area contributed by atoms with Gasteiger partial charge in [-0.25, -0.2) is 12.8 Å². The standard InChI is InChI=1S/C18H19FN2O3S2/c1-14-8-13-25-16(14)6-7-18(22)20-9-11-21(12-10-20)26(23,24)17-5-3-2-4-15(17)19/h2-8,13H,9-12H2,1H3/b7-6+. The van der Waals surface area contributed by atoms with Crippen LogP contribution in [0.25, 0.3) is 6.08 Å². The van der Waals surface area contributed by atoms with Gasteiger partial charge in [-0.3, -0.25) is 4.79 Å². The highest BCUT2D eigenvalue weighted by atomic mass is 32.2. The lowest BCUT2D eigenvalue weighted by Crippen LogP contribution is -2.50. The van der Waals surface area contributed by atoms with Crippen LogP contribution in [0.1, 0.15) is 10.4 Å². The molecule has 0 N–H and O–H groups in total. The third kappa shape index (κ3) is 3.87. The quantitative estimate of drug-likeness (QED) is 0.750. The number of rotatable bonds is 4. The summed E-state index contributed by atoms with van der Waals surface area (Å²) in [5.74, 6) is -0.916. The van der Waals surface area contributed by atoms with Gasteiger partial charge in [0, 0.05) is 37.1 Å². The first kappa shape index (κ1) is 18.8. The Morgan fingerprint density at radius 2 is 1.85 bits per heavy atom. The van der Waals surface area contributed by atoms with Crippen LogP contribution in [0.2, 0.25) is 0 Å². The van der Waals surface area contributed by atoms with Crippen LogP contribution in [0.15, 0.2) is 46.7 Å². The Balaban J connectivity index is 1.64. The molecule has 1 aliphatic heterocycles. The number of piperazine rings is 1. The molecule has 0 aliphatic carbocycles. The molecule has 0 unspecified atom stereocenters. The van der Waals surface area contributed by atoms with E-state index in [1.54, 1.807) is 22.3 Å². The normalized spacial score (nSPS) is 16.3. The van der Waals surface area contributed by atoms with Crippen LogP contribution in [-0.2, 0) is 14.8 Å². The summed E-state index contributed by atoms with van der Waals surface area (Å²) in [6, 6.07) is 7.32. The van der Waals surface area contributed by atoms with E-state index >= 15 is 0 Å². The fraction of sp³-hybridized carbons (Fsp3) is 0.278. The van der Waals surface area contributed by atoms with Crippen molar-refractivity contribution in [3.05, 3.63) is 58.0 Å². The molecule has 1 amide bonds. The maximum absolute atomic E-state index is 13.8. The van der Waals surface area contributed by atoms with Gasteiger partial charge >= 0.3 is 0 Å². The summed E-state index contributed by atoms with van der Waals surface area (Å²) in [6.45, 7) is 2.83. The minimum atomic E-state index is -3.89. The van der Waals surface area contributed by atoms with E-state index in [0.717, 1.165) is 16.5 Å². The van der Waals surface area contributed by atoms with Crippen LogP contribution in [0.4, 0.5) is 4.39 Å². The smallest absolute Gasteiger partial charge is 0.246 e. The Labute approximate surface area is 156 Å². The number of nitrogens with zero attached hydrogens (tertiary/aromatic N) is 2. The highest BCUT2D eigenvalue weighted by molar-refractivity contribution is 7.89. The molecule has 0 spiro atoms. The SMILES string of the molecule is Cc1ccsc1/C=C/C(=O)N1CCN(S(=O)(=O)c2ccccc2F)CC1. The molecule has 0 atom stereocenters. The molecule has 1 fully saturated rings. The Morgan fingerprint density at radius 3 is 2.46 bits per heavy atom. The largest absolute Gasteiger partial charge is 0.337 e. The molecule has 1 aromatic carbocycles. The van der Waals surface area contributed by atoms with Crippen molar-refractivity contribution in [2.45, 2.75) is 11.8 Å². The molecular formula is C18H19FN2O3S2. The Bertz CT molecular complexity index is 929. The fourth-order valence-electron chi connectivity index (χ4n) is 2.75. The second-order valence-corrected chi connectivity index (χ2v) is 8.82. The van der Waals surface area contributed by atoms with E-state index in [-0.39, 0.29) is 37.0 Å². The van der Waals surface area contributed by atoms with Gasteiger partial charge in [0.2, 0.25) is 15.9 Å². The molecule has 1 saturated heterocycles. The summed E-state index contributed by atoms with van der Waals surface area (Å²) in [5.41, 5.74) is 1.11. The zero-order valence-corrected chi connectivity index (χ0v) is 15.9. The van der Waals surface area contributed by atoms with Crippen molar-refractivity contribution >= 4 is 33.3 Å². The van der Waals surface area contributed by atoms with E-state index in [2.05, 4.69) is 0 Å². The van der Waals surface area contributed by atoms with Crippen LogP contribution in [-0.4, -0.2) is 49.7 Å². The average Bonchev–Trinajstić information content (AvgIpc) is 3.05. The average molecular weight is 394 g/mol. The lowest BCUT2D eigenvalue weighted by molar-refractivity contribution is -0.127. The molecule has 0 bridgehead atoms. The maximum Gasteiger partial charge on any atom is 0.246 e. The van der Waals surface area contributed by atoms with Gasteiger partial charge in [-0.05, 0) is 42.1 Å². The van der Waals surface area contributed by atoms with Crippen molar-refractivity contribution in [2.75, 3.05) is 26.2 Å². The number of hydrogen-bond donors (Lipinski definition) is 0. The summed E-state index contributed by atoms with van der Waals surface area (Å²) in [5, 5.41) is 1.96. The Kier molecular flexibility index (Phi) is 5.55. The van der Waals surface area contributed by atoms with Crippen LogP contribution in [0.5, 0.6) is 0 Å². The van der Waals surface area contributed by atoms with E-state index in [0.29, 0.717) is 0 Å². The number of carbonyl (C=O) groups excluding carboxylic acids is 1. The number of halogens is 1. The first-order valence-corrected chi connectivity index (χ1v) is 10.5. The first-order valence-electron chi connectivity index (χ1n) is 8.15. The molecule has 3 rings (SSSR count). The minimum absolute atomic E-state index is 0.147. The summed E-state index contributed by atoms with van der Waals surface area (Å²) >= 11 is 1.56. The Hall–Kier alpha value is -2.03. The third-order valence-corrected chi connectivity index (χ3v) is 7.20. The number of amides is 1. The summed E-state index contributed by atoms with van der Waals surface area (Å²) < 4.78 is 40.2. The summed E-state index contributed by atoms with van der Waals surface area (Å²) in [7, 11) is -3.89. The predicted molar refractivity (Wildman–Crippen MR) is 99.8 cm³/mol. The van der Waals surface area contributed by atoms with Gasteiger partial charge in [0.05, 0.1) is 0 Å². The van der Waals surface area contributed by atoms with Crippen molar-refractivity contribution in [2.24, 2.45) is 0 Å². The van der Waals surface area contributed by atoms with E-state index in [9.17, 15) is 17.6 Å². The zero-order chi connectivity index (χ0) is 18.7. The lowest BCUT2D eigenvalue weighted by Gasteiger charge is -2.33. The number of benzene rings is 1. The number of aryl methyl sites for hydroxylation is 1. The van der Waals surface area contributed by atoms with E-state index < -0.39 is 15.8 Å². The van der Waals surface area contributed by atoms with Crippen LogP contribution < -0.4 is 0 Å². The van der Waals surface area contributed by atoms with E-state index in [1.807, 2.05) is 18.4 Å². The molecule has 5 nitrogen and oxygen atoms in total. The summed E-state index contributed by atoms with van der Waals surface area (Å²) in [6.07, 6.45) is 3.30. The number of hydrogen-bond acceptors (Lipinski definition) is 4. The molecule has 138 valence electrons. The molecule has 1 aromatic heterocycles. The Morgan fingerprint density at radius 1 is 1.15 bits per heavy atom. The highest BCUT2D eigenvalue weighted by Gasteiger charge is 2.31. The van der Waals surface area contributed by atoms with Gasteiger partial charge in [-0.2, -0.15) is 4.31 Å².